The molecule has 0 unspecified atom stereocenters. The summed E-state index contributed by atoms with van der Waals surface area (Å²) in [7, 11) is 0. The van der Waals surface area contributed by atoms with Crippen molar-refractivity contribution in [2.24, 2.45) is 0 Å². The quantitative estimate of drug-likeness (QED) is 0.551. The van der Waals surface area contributed by atoms with Gasteiger partial charge in [0.1, 0.15) is 13.2 Å². The van der Waals surface area contributed by atoms with Crippen LogP contribution in [0, 0.1) is 0 Å². The summed E-state index contributed by atoms with van der Waals surface area (Å²) in [6.45, 7) is 0.703. The van der Waals surface area contributed by atoms with E-state index < -0.39 is 5.41 Å². The Morgan fingerprint density at radius 2 is 1.83 bits per heavy atom. The predicted molar refractivity (Wildman–Crippen MR) is 115 cm³/mol. The molecule has 4 rings (SSSR count). The molecule has 1 amide bonds. The largest absolute Gasteiger partial charge is 0.486 e. The highest BCUT2D eigenvalue weighted by Gasteiger charge is 2.45. The van der Waals surface area contributed by atoms with E-state index in [0.29, 0.717) is 43.2 Å². The standard InChI is InChI=1S/C23H25NO5S/c1-30-18-6-4-5-17(14-18)24-21(25)15-29-22(26)23(9-2-3-10-23)16-7-8-19-20(13-16)28-12-11-27-19/h4-8,13-14H,2-3,9-12,15H2,1H3,(H,24,25). The first-order valence-electron chi connectivity index (χ1n) is 10.1. The molecule has 7 heteroatoms. The number of ether oxygens (including phenoxy) is 3. The average Bonchev–Trinajstić information content (AvgIpc) is 3.28. The third-order valence-corrected chi connectivity index (χ3v) is 6.36. The van der Waals surface area contributed by atoms with Crippen molar-refractivity contribution < 1.29 is 23.8 Å². The van der Waals surface area contributed by atoms with Gasteiger partial charge < -0.3 is 19.5 Å². The molecule has 0 radical (unpaired) electrons. The first-order chi connectivity index (χ1) is 14.6. The zero-order valence-corrected chi connectivity index (χ0v) is 17.8. The van der Waals surface area contributed by atoms with Gasteiger partial charge in [-0.25, -0.2) is 0 Å². The van der Waals surface area contributed by atoms with Crippen molar-refractivity contribution >= 4 is 29.3 Å². The second-order valence-corrected chi connectivity index (χ2v) is 8.38. The van der Waals surface area contributed by atoms with Crippen LogP contribution in [-0.2, 0) is 19.7 Å². The molecule has 0 bridgehead atoms. The Hall–Kier alpha value is -2.67. The van der Waals surface area contributed by atoms with Gasteiger partial charge in [-0.2, -0.15) is 0 Å². The van der Waals surface area contributed by atoms with Crippen LogP contribution in [0.1, 0.15) is 31.2 Å². The van der Waals surface area contributed by atoms with Crippen molar-refractivity contribution in [1.29, 1.82) is 0 Å². The molecule has 158 valence electrons. The topological polar surface area (TPSA) is 73.9 Å². The second-order valence-electron chi connectivity index (χ2n) is 7.50. The lowest BCUT2D eigenvalue weighted by atomic mass is 9.78. The Bertz CT molecular complexity index is 939. The minimum atomic E-state index is -0.741. The number of carbonyl (C=O) groups is 2. The highest BCUT2D eigenvalue weighted by molar-refractivity contribution is 7.98. The Kier molecular flexibility index (Phi) is 6.18. The molecule has 1 saturated carbocycles. The molecule has 6 nitrogen and oxygen atoms in total. The van der Waals surface area contributed by atoms with Crippen LogP contribution in [0.15, 0.2) is 47.4 Å². The maximum Gasteiger partial charge on any atom is 0.317 e. The first-order valence-corrected chi connectivity index (χ1v) is 11.3. The molecule has 1 aliphatic heterocycles. The minimum absolute atomic E-state index is 0.311. The zero-order valence-electron chi connectivity index (χ0n) is 16.9. The molecule has 2 aromatic carbocycles. The van der Waals surface area contributed by atoms with Gasteiger partial charge in [-0.15, -0.1) is 11.8 Å². The molecule has 1 N–H and O–H groups in total. The summed E-state index contributed by atoms with van der Waals surface area (Å²) in [6.07, 6.45) is 5.25. The van der Waals surface area contributed by atoms with Crippen molar-refractivity contribution in [3.63, 3.8) is 0 Å². The molecule has 1 heterocycles. The van der Waals surface area contributed by atoms with Gasteiger partial charge in [0.05, 0.1) is 5.41 Å². The average molecular weight is 428 g/mol. The van der Waals surface area contributed by atoms with Crippen molar-refractivity contribution in [2.45, 2.75) is 36.0 Å². The van der Waals surface area contributed by atoms with Crippen LogP contribution in [0.2, 0.25) is 0 Å². The molecule has 1 fully saturated rings. The molecular formula is C23H25NO5S. The molecule has 30 heavy (non-hydrogen) atoms. The summed E-state index contributed by atoms with van der Waals surface area (Å²) in [5.41, 5.74) is 0.808. The van der Waals surface area contributed by atoms with E-state index in [2.05, 4.69) is 5.32 Å². The van der Waals surface area contributed by atoms with Gasteiger partial charge in [0.25, 0.3) is 5.91 Å². The first kappa shape index (κ1) is 20.6. The maximum absolute atomic E-state index is 13.1. The summed E-state index contributed by atoms with van der Waals surface area (Å²) >= 11 is 1.60. The zero-order chi connectivity index (χ0) is 21.0. The summed E-state index contributed by atoms with van der Waals surface area (Å²) in [6, 6.07) is 13.2. The third-order valence-electron chi connectivity index (χ3n) is 5.63. The highest BCUT2D eigenvalue weighted by atomic mass is 32.2. The number of nitrogens with one attached hydrogen (secondary N) is 1. The summed E-state index contributed by atoms with van der Waals surface area (Å²) in [5, 5.41) is 2.79. The second kappa shape index (κ2) is 9.00. The van der Waals surface area contributed by atoms with Crippen LogP contribution in [-0.4, -0.2) is 38.0 Å². The lowest BCUT2D eigenvalue weighted by Gasteiger charge is -2.28. The van der Waals surface area contributed by atoms with E-state index in [0.717, 1.165) is 23.3 Å². The summed E-state index contributed by atoms with van der Waals surface area (Å²) in [5.74, 6) is 0.643. The van der Waals surface area contributed by atoms with E-state index in [1.165, 1.54) is 0 Å². The lowest BCUT2D eigenvalue weighted by Crippen LogP contribution is -2.36. The molecule has 0 aromatic heterocycles. The van der Waals surface area contributed by atoms with Crippen LogP contribution in [0.3, 0.4) is 0 Å². The SMILES string of the molecule is CSc1cccc(NC(=O)COC(=O)C2(c3ccc4c(c3)OCCO4)CCCC2)c1. The van der Waals surface area contributed by atoms with E-state index in [1.807, 2.05) is 48.7 Å². The minimum Gasteiger partial charge on any atom is -0.486 e. The Morgan fingerprint density at radius 3 is 2.60 bits per heavy atom. The van der Waals surface area contributed by atoms with Crippen LogP contribution < -0.4 is 14.8 Å². The molecular weight excluding hydrogens is 402 g/mol. The summed E-state index contributed by atoms with van der Waals surface area (Å²) in [4.78, 5) is 26.5. The number of benzene rings is 2. The summed E-state index contributed by atoms with van der Waals surface area (Å²) < 4.78 is 16.8. The fraction of sp³-hybridized carbons (Fsp3) is 0.391. The van der Waals surface area contributed by atoms with Gasteiger partial charge in [0, 0.05) is 10.6 Å². The Labute approximate surface area is 180 Å². The van der Waals surface area contributed by atoms with Crippen LogP contribution in [0.5, 0.6) is 11.5 Å². The van der Waals surface area contributed by atoms with Crippen LogP contribution in [0.4, 0.5) is 5.69 Å². The number of amides is 1. The van der Waals surface area contributed by atoms with Crippen molar-refractivity contribution in [1.82, 2.24) is 0 Å². The van der Waals surface area contributed by atoms with E-state index in [-0.39, 0.29) is 18.5 Å². The van der Waals surface area contributed by atoms with Crippen LogP contribution >= 0.6 is 11.8 Å². The van der Waals surface area contributed by atoms with Gasteiger partial charge in [-0.05, 0) is 55.0 Å². The predicted octanol–water partition coefficient (Wildman–Crippen LogP) is 4.17. The number of anilines is 1. The number of rotatable bonds is 6. The van der Waals surface area contributed by atoms with Gasteiger partial charge >= 0.3 is 5.97 Å². The number of esters is 1. The molecule has 0 spiro atoms. The monoisotopic (exact) mass is 427 g/mol. The van der Waals surface area contributed by atoms with E-state index >= 15 is 0 Å². The molecule has 0 saturated heterocycles. The van der Waals surface area contributed by atoms with Gasteiger partial charge in [0.2, 0.25) is 0 Å². The fourth-order valence-corrected chi connectivity index (χ4v) is 4.56. The molecule has 2 aliphatic rings. The van der Waals surface area contributed by atoms with E-state index in [4.69, 9.17) is 14.2 Å². The van der Waals surface area contributed by atoms with Crippen molar-refractivity contribution in [3.05, 3.63) is 48.0 Å². The molecule has 2 aromatic rings. The van der Waals surface area contributed by atoms with E-state index in [1.54, 1.807) is 11.8 Å². The Balaban J connectivity index is 1.44. The number of hydrogen-bond donors (Lipinski definition) is 1. The van der Waals surface area contributed by atoms with Gasteiger partial charge in [-0.1, -0.05) is 25.0 Å². The lowest BCUT2D eigenvalue weighted by molar-refractivity contribution is -0.153. The van der Waals surface area contributed by atoms with Crippen molar-refractivity contribution in [2.75, 3.05) is 31.4 Å². The third kappa shape index (κ3) is 4.26. The maximum atomic E-state index is 13.1. The number of carbonyl (C=O) groups excluding carboxylic acids is 2. The molecule has 1 aliphatic carbocycles. The van der Waals surface area contributed by atoms with Gasteiger partial charge in [0.15, 0.2) is 18.1 Å². The van der Waals surface area contributed by atoms with Gasteiger partial charge in [-0.3, -0.25) is 9.59 Å². The van der Waals surface area contributed by atoms with E-state index in [9.17, 15) is 9.59 Å². The Morgan fingerprint density at radius 1 is 1.07 bits per heavy atom. The van der Waals surface area contributed by atoms with Crippen molar-refractivity contribution in [3.8, 4) is 11.5 Å². The highest BCUT2D eigenvalue weighted by Crippen LogP contribution is 2.45. The normalized spacial score (nSPS) is 16.7. The number of thioether (sulfide) groups is 1. The molecule has 0 atom stereocenters. The fourth-order valence-electron chi connectivity index (χ4n) is 4.10. The number of fused-ring (bicyclic) bond motifs is 1. The number of hydrogen-bond acceptors (Lipinski definition) is 6. The van der Waals surface area contributed by atoms with Crippen LogP contribution in [0.25, 0.3) is 0 Å². The smallest absolute Gasteiger partial charge is 0.317 e.